The molecule has 0 saturated heterocycles. The van der Waals surface area contributed by atoms with Crippen molar-refractivity contribution >= 4 is 86.7 Å². The molecular formula is C100H118Br4N8O4. The van der Waals surface area contributed by atoms with Crippen LogP contribution in [0, 0.1) is 0 Å². The molecule has 16 heteroatoms. The van der Waals surface area contributed by atoms with Crippen LogP contribution < -0.4 is 86.9 Å². The van der Waals surface area contributed by atoms with Gasteiger partial charge in [-0.3, -0.25) is 0 Å². The summed E-state index contributed by atoms with van der Waals surface area (Å²) in [5.41, 5.74) is 15.2. The van der Waals surface area contributed by atoms with Crippen LogP contribution >= 0.6 is 0 Å². The second kappa shape index (κ2) is 38.7. The topological polar surface area (TPSA) is 94.3 Å². The van der Waals surface area contributed by atoms with E-state index in [0.29, 0.717) is 26.4 Å². The lowest BCUT2D eigenvalue weighted by Gasteiger charge is -2.23. The standard InChI is InChI=1S/C100H118N8O4.4BrH/c1-105(2,3)45-29-13-17-33-49-109-79-53-77(54-80(65-79)110-50-34-18-14-30-46-106(4,5)6)95-97-87-61-73-41-25-21-37-69(73)57-83(87)91(101-97)67-93-85-59-71-39-23-27-43-75(71)63-89(85)99(103-93)96(78-55-81(111-51-35-19-15-31-47-107(7,8)9)66-82(56-78)112-52-36-20-16-32-48-108(10,11)12)100-90-64-76-44-28-24-40-72(76)60-86(90)94(104-100)68-92-84-58-70-38-22-26-42-74(70)62-88(84)98(95)102-92;;;;/h21-28,37-44,53-68,101,104H,13-20,29-36,45-52H2,1-12H3;4*1H/q+4;;;;/p-4. The Hall–Kier alpha value is -8.16. The molecule has 10 aromatic carbocycles. The highest BCUT2D eigenvalue weighted by Crippen LogP contribution is 2.51. The first kappa shape index (κ1) is 88.6. The summed E-state index contributed by atoms with van der Waals surface area (Å²) < 4.78 is 31.9. The zero-order valence-electron chi connectivity index (χ0n) is 70.3. The average molecular weight is 1820 g/mol. The molecule has 2 aliphatic heterocycles. The smallest absolute Gasteiger partial charge is 0.123 e. The first-order valence-electron chi connectivity index (χ1n) is 41.5. The first-order valence-corrected chi connectivity index (χ1v) is 41.5. The molecule has 3 aromatic heterocycles. The van der Waals surface area contributed by atoms with Gasteiger partial charge in [0.05, 0.1) is 171 Å². The van der Waals surface area contributed by atoms with Gasteiger partial charge in [-0.15, -0.1) is 0 Å². The predicted octanol–water partition coefficient (Wildman–Crippen LogP) is 11.8. The van der Waals surface area contributed by atoms with Crippen LogP contribution in [0.15, 0.2) is 194 Å². The number of nitrogens with zero attached hydrogens (tertiary/aromatic N) is 6. The maximum atomic E-state index is 7.01. The zero-order chi connectivity index (χ0) is 77.7. The maximum absolute atomic E-state index is 7.01. The van der Waals surface area contributed by atoms with Crippen molar-refractivity contribution in [3.63, 3.8) is 0 Å². The SMILES string of the molecule is C[N+](C)(C)CCCCCCOc1cc(OCCCCCC[N+](C)(C)C)cc(-c2c3nc(cc4[nH]c(c(-c5cc(OCCCCCC[N+](C)(C)C)cc(OCCCCCC[N+](C)(C)C)c5)c5nc(cc6[nH]c2c2cc7ccccc7cc62)-c2cc6ccccc6cc2-5)c2cc5ccccc5cc42)-c2cc4ccccc4cc2-3)c1.[Br-].[Br-].[Br-].[Br-]. The monoisotopic (exact) mass is 1810 g/mol. The van der Waals surface area contributed by atoms with Crippen molar-refractivity contribution in [2.75, 3.05) is 137 Å². The van der Waals surface area contributed by atoms with Gasteiger partial charge in [0.15, 0.2) is 0 Å². The molecule has 610 valence electrons. The zero-order valence-corrected chi connectivity index (χ0v) is 76.6. The number of benzene rings is 10. The van der Waals surface area contributed by atoms with E-state index >= 15 is 0 Å². The van der Waals surface area contributed by atoms with Gasteiger partial charge in [-0.25, -0.2) is 9.97 Å². The number of ether oxygens (including phenoxy) is 4. The van der Waals surface area contributed by atoms with Gasteiger partial charge in [0.1, 0.15) is 23.0 Å². The number of aromatic nitrogens is 4. The Bertz CT molecular complexity index is 5340. The molecule has 5 heterocycles. The molecule has 0 amide bonds. The van der Waals surface area contributed by atoms with Crippen LogP contribution in [-0.4, -0.2) is 175 Å². The number of hydrogen-bond donors (Lipinski definition) is 2. The minimum absolute atomic E-state index is 0. The van der Waals surface area contributed by atoms with E-state index in [9.17, 15) is 0 Å². The van der Waals surface area contributed by atoms with E-state index in [1.54, 1.807) is 0 Å². The lowest BCUT2D eigenvalue weighted by atomic mass is 9.93. The Morgan fingerprint density at radius 1 is 0.259 bits per heavy atom. The van der Waals surface area contributed by atoms with E-state index < -0.39 is 0 Å². The molecule has 8 bridgehead atoms. The van der Waals surface area contributed by atoms with Crippen molar-refractivity contribution in [2.24, 2.45) is 0 Å². The third-order valence-corrected chi connectivity index (χ3v) is 22.5. The Morgan fingerprint density at radius 2 is 0.500 bits per heavy atom. The highest BCUT2D eigenvalue weighted by atomic mass is 79.9. The first-order chi connectivity index (χ1) is 54.0. The third-order valence-electron chi connectivity index (χ3n) is 22.5. The van der Waals surface area contributed by atoms with Crippen molar-refractivity contribution in [1.29, 1.82) is 0 Å². The van der Waals surface area contributed by atoms with Crippen LogP contribution in [0.1, 0.15) is 103 Å². The molecule has 0 unspecified atom stereocenters. The molecule has 13 aromatic rings. The van der Waals surface area contributed by atoms with E-state index in [1.165, 1.54) is 25.7 Å². The summed E-state index contributed by atoms with van der Waals surface area (Å²) in [4.78, 5) is 20.8. The number of rotatable bonds is 34. The lowest BCUT2D eigenvalue weighted by Crippen LogP contribution is -3.00. The Morgan fingerprint density at radius 3 is 0.767 bits per heavy atom. The van der Waals surface area contributed by atoms with Gasteiger partial charge >= 0.3 is 0 Å². The summed E-state index contributed by atoms with van der Waals surface area (Å²) in [5.74, 6) is 3.11. The molecule has 0 aliphatic carbocycles. The quantitative estimate of drug-likeness (QED) is 0.0308. The molecule has 0 fully saturated rings. The minimum atomic E-state index is 0. The molecule has 0 atom stereocenters. The van der Waals surface area contributed by atoms with Crippen LogP contribution in [0.3, 0.4) is 0 Å². The van der Waals surface area contributed by atoms with Gasteiger partial charge in [-0.2, -0.15) is 0 Å². The highest BCUT2D eigenvalue weighted by molar-refractivity contribution is 6.21. The molecule has 15 rings (SSSR count). The van der Waals surface area contributed by atoms with Crippen molar-refractivity contribution in [2.45, 2.75) is 103 Å². The fourth-order valence-electron chi connectivity index (χ4n) is 16.6. The summed E-state index contributed by atoms with van der Waals surface area (Å²) in [7, 11) is 27.4. The summed E-state index contributed by atoms with van der Waals surface area (Å²) in [6.45, 7) is 6.97. The molecule has 0 radical (unpaired) electrons. The second-order valence-corrected chi connectivity index (χ2v) is 36.0. The van der Waals surface area contributed by atoms with Crippen molar-refractivity contribution in [3.8, 4) is 90.3 Å². The molecule has 0 spiro atoms. The summed E-state index contributed by atoms with van der Waals surface area (Å²) >= 11 is 0. The van der Waals surface area contributed by atoms with Crippen LogP contribution in [0.2, 0.25) is 0 Å². The Balaban J connectivity index is 0.00000331. The number of H-pyrrole nitrogens is 2. The number of nitrogens with one attached hydrogen (secondary N) is 2. The number of aromatic amines is 2. The highest BCUT2D eigenvalue weighted by Gasteiger charge is 2.29. The predicted molar refractivity (Wildman–Crippen MR) is 473 cm³/mol. The van der Waals surface area contributed by atoms with Gasteiger partial charge in [-0.1, -0.05) is 97.1 Å². The molecule has 116 heavy (non-hydrogen) atoms. The Kier molecular flexibility index (Phi) is 29.6. The number of quaternary nitrogens is 4. The second-order valence-electron chi connectivity index (χ2n) is 36.0. The molecular weight excluding hydrogens is 1700 g/mol. The third kappa shape index (κ3) is 21.6. The minimum Gasteiger partial charge on any atom is -1.00 e. The summed E-state index contributed by atoms with van der Waals surface area (Å²) in [6, 6.07) is 72.0. The summed E-state index contributed by atoms with van der Waals surface area (Å²) in [6.07, 6.45) is 17.6. The van der Waals surface area contributed by atoms with Crippen LogP contribution in [-0.2, 0) is 0 Å². The van der Waals surface area contributed by atoms with Crippen molar-refractivity contribution in [1.82, 2.24) is 19.9 Å². The van der Waals surface area contributed by atoms with Crippen LogP contribution in [0.5, 0.6) is 23.0 Å². The molecule has 0 saturated carbocycles. The summed E-state index contributed by atoms with van der Waals surface area (Å²) in [5, 5.41) is 13.4. The van der Waals surface area contributed by atoms with E-state index in [4.69, 9.17) is 28.9 Å². The van der Waals surface area contributed by atoms with Gasteiger partial charge in [-0.05, 0) is 242 Å². The van der Waals surface area contributed by atoms with Gasteiger partial charge in [0.2, 0.25) is 0 Å². The van der Waals surface area contributed by atoms with E-state index in [0.717, 1.165) is 298 Å². The van der Waals surface area contributed by atoms with Gasteiger partial charge in [0.25, 0.3) is 0 Å². The number of halogens is 4. The van der Waals surface area contributed by atoms with Crippen molar-refractivity contribution < 1.29 is 105 Å². The van der Waals surface area contributed by atoms with E-state index in [-0.39, 0.29) is 67.9 Å². The molecule has 2 aliphatic rings. The van der Waals surface area contributed by atoms with Crippen molar-refractivity contribution in [3.05, 3.63) is 194 Å². The van der Waals surface area contributed by atoms with Crippen LogP contribution in [0.4, 0.5) is 0 Å². The maximum Gasteiger partial charge on any atom is 0.123 e. The van der Waals surface area contributed by atoms with Gasteiger partial charge in [0, 0.05) is 78.1 Å². The van der Waals surface area contributed by atoms with Gasteiger partial charge < -0.3 is 115 Å². The normalized spacial score (nSPS) is 12.2. The fourth-order valence-corrected chi connectivity index (χ4v) is 16.6. The largest absolute Gasteiger partial charge is 1.00 e. The molecule has 2 N–H and O–H groups in total. The average Bonchev–Trinajstić information content (AvgIpc) is 1.56. The number of unbranched alkanes of at least 4 members (excludes halogenated alkanes) is 12. The number of hydrogen-bond acceptors (Lipinski definition) is 6. The number of fused-ring (bicyclic) bond motifs is 24. The lowest BCUT2D eigenvalue weighted by molar-refractivity contribution is -0.870. The fraction of sp³-hybridized carbons (Fsp3) is 0.360. The van der Waals surface area contributed by atoms with E-state index in [1.807, 2.05) is 0 Å². The van der Waals surface area contributed by atoms with Crippen LogP contribution in [0.25, 0.3) is 154 Å². The molecule has 12 nitrogen and oxygen atoms in total. The Labute approximate surface area is 730 Å². The van der Waals surface area contributed by atoms with E-state index in [2.05, 4.69) is 289 Å².